The second kappa shape index (κ2) is 7.20. The van der Waals surface area contributed by atoms with Gasteiger partial charge >= 0.3 is 5.69 Å². The zero-order valence-corrected chi connectivity index (χ0v) is 12.6. The highest BCUT2D eigenvalue weighted by atomic mass is 32.2. The fraction of sp³-hybridized carbons (Fsp3) is 0.455. The number of hydrogen-bond acceptors (Lipinski definition) is 8. The zero-order valence-electron chi connectivity index (χ0n) is 11.8. The van der Waals surface area contributed by atoms with Crippen LogP contribution in [0.5, 0.6) is 0 Å². The molecule has 9 nitrogen and oxygen atoms in total. The fourth-order valence-corrected chi connectivity index (χ4v) is 2.53. The van der Waals surface area contributed by atoms with Gasteiger partial charge in [0.2, 0.25) is 0 Å². The number of aromatic nitrogens is 5. The van der Waals surface area contributed by atoms with Crippen LogP contribution in [0.4, 0.5) is 5.82 Å². The maximum atomic E-state index is 11.5. The Morgan fingerprint density at radius 1 is 1.48 bits per heavy atom. The highest BCUT2D eigenvalue weighted by molar-refractivity contribution is 7.99. The first-order valence-electron chi connectivity index (χ1n) is 6.43. The van der Waals surface area contributed by atoms with Crippen molar-refractivity contribution in [1.82, 2.24) is 24.7 Å². The van der Waals surface area contributed by atoms with Crippen LogP contribution in [-0.4, -0.2) is 31.3 Å². The minimum atomic E-state index is -0.249. The summed E-state index contributed by atoms with van der Waals surface area (Å²) < 4.78 is 6.81. The molecule has 2 aromatic rings. The molecule has 0 aliphatic heterocycles. The molecule has 21 heavy (non-hydrogen) atoms. The number of aromatic amines is 1. The van der Waals surface area contributed by atoms with Gasteiger partial charge in [-0.2, -0.15) is 0 Å². The van der Waals surface area contributed by atoms with E-state index in [1.807, 2.05) is 13.8 Å². The number of anilines is 1. The molecule has 0 amide bonds. The molecular formula is C11H17N7O2S. The topological polar surface area (TPSA) is 124 Å². The molecule has 0 radical (unpaired) electrons. The lowest BCUT2D eigenvalue weighted by Gasteiger charge is -2.07. The Balaban J connectivity index is 2.27. The van der Waals surface area contributed by atoms with Gasteiger partial charge in [-0.25, -0.2) is 25.7 Å². The minimum Gasteiger partial charge on any atom is -0.374 e. The Morgan fingerprint density at radius 2 is 2.29 bits per heavy atom. The first-order chi connectivity index (χ1) is 10.2. The predicted molar refractivity (Wildman–Crippen MR) is 77.8 cm³/mol. The van der Waals surface area contributed by atoms with Gasteiger partial charge in [0.15, 0.2) is 11.0 Å². The first-order valence-corrected chi connectivity index (χ1v) is 7.25. The van der Waals surface area contributed by atoms with Gasteiger partial charge in [-0.05, 0) is 25.6 Å². The highest BCUT2D eigenvalue weighted by Gasteiger charge is 2.11. The third-order valence-electron chi connectivity index (χ3n) is 2.57. The maximum Gasteiger partial charge on any atom is 0.343 e. The van der Waals surface area contributed by atoms with E-state index in [4.69, 9.17) is 10.6 Å². The molecule has 0 aliphatic rings. The maximum absolute atomic E-state index is 11.5. The van der Waals surface area contributed by atoms with E-state index in [2.05, 4.69) is 25.6 Å². The Morgan fingerprint density at radius 3 is 2.95 bits per heavy atom. The van der Waals surface area contributed by atoms with Crippen LogP contribution >= 0.6 is 11.8 Å². The first kappa shape index (κ1) is 15.5. The average Bonchev–Trinajstić information content (AvgIpc) is 2.84. The summed E-state index contributed by atoms with van der Waals surface area (Å²) in [6, 6.07) is 1.68. The second-order valence-corrected chi connectivity index (χ2v) is 4.93. The molecule has 114 valence electrons. The van der Waals surface area contributed by atoms with Crippen LogP contribution < -0.4 is 17.0 Å². The minimum absolute atomic E-state index is 0.249. The van der Waals surface area contributed by atoms with Crippen molar-refractivity contribution < 1.29 is 4.74 Å². The lowest BCUT2D eigenvalue weighted by Crippen LogP contribution is -2.16. The van der Waals surface area contributed by atoms with Crippen molar-refractivity contribution in [3.8, 4) is 0 Å². The fourth-order valence-electron chi connectivity index (χ4n) is 1.61. The number of H-pyrrole nitrogens is 1. The summed E-state index contributed by atoms with van der Waals surface area (Å²) in [6.45, 7) is 5.15. The molecule has 0 aliphatic carbocycles. The number of nitrogens with zero attached hydrogens (tertiary/aromatic N) is 4. The molecular weight excluding hydrogens is 294 g/mol. The number of nitrogens with one attached hydrogen (secondary N) is 2. The van der Waals surface area contributed by atoms with Gasteiger partial charge in [-0.3, -0.25) is 4.57 Å². The van der Waals surface area contributed by atoms with E-state index < -0.39 is 0 Å². The smallest absolute Gasteiger partial charge is 0.343 e. The van der Waals surface area contributed by atoms with Crippen LogP contribution in [0.1, 0.15) is 19.7 Å². The predicted octanol–water partition coefficient (Wildman–Crippen LogP) is 0.355. The molecule has 0 saturated heterocycles. The van der Waals surface area contributed by atoms with Gasteiger partial charge in [0, 0.05) is 19.2 Å². The van der Waals surface area contributed by atoms with Crippen molar-refractivity contribution in [3.63, 3.8) is 0 Å². The third-order valence-corrected chi connectivity index (χ3v) is 3.48. The number of nitrogens with two attached hydrogens (primary N) is 1. The van der Waals surface area contributed by atoms with Gasteiger partial charge in [-0.15, -0.1) is 5.10 Å². The molecule has 10 heteroatoms. The van der Waals surface area contributed by atoms with Crippen molar-refractivity contribution in [3.05, 3.63) is 22.4 Å². The molecule has 4 N–H and O–H groups in total. The van der Waals surface area contributed by atoms with Crippen molar-refractivity contribution in [2.24, 2.45) is 5.84 Å². The van der Waals surface area contributed by atoms with Gasteiger partial charge in [0.05, 0.1) is 0 Å². The van der Waals surface area contributed by atoms with Crippen LogP contribution in [0.3, 0.4) is 0 Å². The average molecular weight is 311 g/mol. The summed E-state index contributed by atoms with van der Waals surface area (Å²) in [5, 5.41) is 7.55. The number of hydrazine groups is 1. The molecule has 0 unspecified atom stereocenters. The van der Waals surface area contributed by atoms with E-state index in [1.165, 1.54) is 16.3 Å². The normalized spacial score (nSPS) is 10.8. The van der Waals surface area contributed by atoms with Crippen molar-refractivity contribution in [1.29, 1.82) is 0 Å². The standard InChI is InChI=1S/C11H17N7O2S/c1-3-18-10(19)16-17-11(18)21-9-5-7(15-12)13-8(14-9)6-20-4-2/h5H,3-4,6,12H2,1-2H3,(H,16,19)(H,13,14,15). The van der Waals surface area contributed by atoms with Crippen LogP contribution in [0.15, 0.2) is 21.0 Å². The molecule has 2 heterocycles. The van der Waals surface area contributed by atoms with Crippen LogP contribution in [0.25, 0.3) is 0 Å². The number of hydrogen-bond donors (Lipinski definition) is 3. The van der Waals surface area contributed by atoms with Gasteiger partial charge < -0.3 is 10.2 Å². The lowest BCUT2D eigenvalue weighted by atomic mass is 10.5. The largest absolute Gasteiger partial charge is 0.374 e. The zero-order chi connectivity index (χ0) is 15.2. The third kappa shape index (κ3) is 3.80. The highest BCUT2D eigenvalue weighted by Crippen LogP contribution is 2.24. The second-order valence-electron chi connectivity index (χ2n) is 3.95. The molecule has 0 spiro atoms. The summed E-state index contributed by atoms with van der Waals surface area (Å²) in [6.07, 6.45) is 0. The van der Waals surface area contributed by atoms with Crippen LogP contribution in [0, 0.1) is 0 Å². The van der Waals surface area contributed by atoms with E-state index in [-0.39, 0.29) is 5.69 Å². The SMILES string of the molecule is CCOCc1nc(NN)cc(Sc2n[nH]c(=O)n2CC)n1. The quantitative estimate of drug-likeness (QED) is 0.380. The Bertz CT molecular complexity index is 654. The molecule has 2 rings (SSSR count). The molecule has 0 fully saturated rings. The Hall–Kier alpha value is -1.91. The summed E-state index contributed by atoms with van der Waals surface area (Å²) in [5.41, 5.74) is 2.24. The molecule has 2 aromatic heterocycles. The van der Waals surface area contributed by atoms with E-state index in [0.29, 0.717) is 41.6 Å². The summed E-state index contributed by atoms with van der Waals surface area (Å²) in [4.78, 5) is 20.1. The lowest BCUT2D eigenvalue weighted by molar-refractivity contribution is 0.128. The number of ether oxygens (including phenoxy) is 1. The van der Waals surface area contributed by atoms with E-state index in [9.17, 15) is 4.79 Å². The Kier molecular flexibility index (Phi) is 5.31. The van der Waals surface area contributed by atoms with Gasteiger partial charge in [-0.1, -0.05) is 0 Å². The van der Waals surface area contributed by atoms with E-state index in [0.717, 1.165) is 0 Å². The van der Waals surface area contributed by atoms with Crippen molar-refractivity contribution >= 4 is 17.6 Å². The monoisotopic (exact) mass is 311 g/mol. The molecule has 0 saturated carbocycles. The van der Waals surface area contributed by atoms with Gasteiger partial charge in [0.25, 0.3) is 0 Å². The number of rotatable bonds is 7. The summed E-state index contributed by atoms with van der Waals surface area (Å²) in [7, 11) is 0. The van der Waals surface area contributed by atoms with Crippen molar-refractivity contribution in [2.75, 3.05) is 12.0 Å². The van der Waals surface area contributed by atoms with Crippen LogP contribution in [-0.2, 0) is 17.9 Å². The van der Waals surface area contributed by atoms with Crippen LogP contribution in [0.2, 0.25) is 0 Å². The van der Waals surface area contributed by atoms with E-state index >= 15 is 0 Å². The summed E-state index contributed by atoms with van der Waals surface area (Å²) in [5.74, 6) is 6.39. The van der Waals surface area contributed by atoms with Crippen molar-refractivity contribution in [2.45, 2.75) is 37.2 Å². The van der Waals surface area contributed by atoms with Gasteiger partial charge in [0.1, 0.15) is 17.5 Å². The Labute approximate surface area is 125 Å². The summed E-state index contributed by atoms with van der Waals surface area (Å²) >= 11 is 1.26. The molecule has 0 bridgehead atoms. The number of nitrogen functional groups attached to an aromatic ring is 1. The molecule has 0 atom stereocenters. The van der Waals surface area contributed by atoms with E-state index in [1.54, 1.807) is 6.07 Å². The molecule has 0 aromatic carbocycles.